The molecule has 0 spiro atoms. The van der Waals surface area contributed by atoms with Gasteiger partial charge in [-0.05, 0) is 52.7 Å². The second kappa shape index (κ2) is 14.6. The number of hydrogen-bond donors (Lipinski definition) is 3. The number of nitrogens with two attached hydrogens (primary N) is 2. The molecule has 6 rings (SSSR count). The zero-order valence-corrected chi connectivity index (χ0v) is 32.2. The molecule has 0 aliphatic carbocycles. The van der Waals surface area contributed by atoms with Crippen LogP contribution in [0.3, 0.4) is 0 Å². The Kier molecular flexibility index (Phi) is 10.4. The van der Waals surface area contributed by atoms with E-state index in [1.54, 1.807) is 27.7 Å². The standard InChI is InChI=1S/C36H42N8O8S2/c1-20-17-43(38)33(49)44(20)36(31(48)50-26(21-13-9-7-10-14-21)22-15-11-8-12-16-22)19-42-28(46)25(29(42)54-36)40-27(45)24(23-18-53-32(37)39-23)41-52-35(5,6)30(47)51-34(2,3)4/h7-16,18,20,25-26,29H,17,19,38H2,1-6H3,(H2,37,39)(H,40,45)/b41-24-/t20-,25-,29-,36-/m1/s1. The zero-order valence-electron chi connectivity index (χ0n) is 30.5. The van der Waals surface area contributed by atoms with Crippen LogP contribution in [0.15, 0.2) is 71.2 Å². The number of nitrogens with zero attached hydrogens (tertiary/aromatic N) is 5. The van der Waals surface area contributed by atoms with Gasteiger partial charge in [0, 0.05) is 5.38 Å². The number of anilines is 1. The Balaban J connectivity index is 1.29. The molecular weight excluding hydrogens is 737 g/mol. The van der Waals surface area contributed by atoms with Gasteiger partial charge in [0.05, 0.1) is 19.1 Å². The number of carbonyl (C=O) groups is 5. The summed E-state index contributed by atoms with van der Waals surface area (Å²) in [4.78, 5) is 79.5. The minimum Gasteiger partial charge on any atom is -0.457 e. The molecule has 54 heavy (non-hydrogen) atoms. The number of β-lactam (4-membered cyclic amide) rings is 1. The fraction of sp³-hybridized carbons (Fsp3) is 0.417. The van der Waals surface area contributed by atoms with Crippen molar-refractivity contribution >= 4 is 63.7 Å². The summed E-state index contributed by atoms with van der Waals surface area (Å²) in [5.41, 5.74) is 4.53. The minimum absolute atomic E-state index is 0.0445. The first-order chi connectivity index (χ1) is 25.4. The molecule has 4 heterocycles. The number of hydrogen-bond acceptors (Lipinski definition) is 14. The molecule has 0 bridgehead atoms. The van der Waals surface area contributed by atoms with Gasteiger partial charge in [0.25, 0.3) is 5.91 Å². The van der Waals surface area contributed by atoms with Crippen molar-refractivity contribution in [2.24, 2.45) is 11.0 Å². The fourth-order valence-electron chi connectivity index (χ4n) is 6.24. The summed E-state index contributed by atoms with van der Waals surface area (Å²) in [6.07, 6.45) is -0.840. The van der Waals surface area contributed by atoms with Crippen LogP contribution in [-0.4, -0.2) is 102 Å². The second-order valence-electron chi connectivity index (χ2n) is 14.6. The lowest BCUT2D eigenvalue weighted by Gasteiger charge is -2.41. The van der Waals surface area contributed by atoms with E-state index in [-0.39, 0.29) is 29.6 Å². The van der Waals surface area contributed by atoms with Gasteiger partial charge in [-0.25, -0.2) is 25.2 Å². The average molecular weight is 779 g/mol. The van der Waals surface area contributed by atoms with Gasteiger partial charge in [-0.2, -0.15) is 0 Å². The van der Waals surface area contributed by atoms with Crippen LogP contribution < -0.4 is 16.9 Å². The highest BCUT2D eigenvalue weighted by Crippen LogP contribution is 2.51. The van der Waals surface area contributed by atoms with Crippen molar-refractivity contribution < 1.29 is 38.3 Å². The van der Waals surface area contributed by atoms with Crippen molar-refractivity contribution in [3.63, 3.8) is 0 Å². The number of aromatic nitrogens is 1. The zero-order chi connectivity index (χ0) is 39.2. The third-order valence-corrected chi connectivity index (χ3v) is 11.2. The van der Waals surface area contributed by atoms with Crippen LogP contribution in [0.25, 0.3) is 0 Å². The lowest BCUT2D eigenvalue weighted by atomic mass is 10.0. The Labute approximate surface area is 320 Å². The minimum atomic E-state index is -1.73. The highest BCUT2D eigenvalue weighted by Gasteiger charge is 2.68. The molecule has 1 aromatic heterocycles. The van der Waals surface area contributed by atoms with E-state index in [0.717, 1.165) is 28.1 Å². The molecule has 4 atom stereocenters. The van der Waals surface area contributed by atoms with Crippen molar-refractivity contribution in [1.82, 2.24) is 25.1 Å². The van der Waals surface area contributed by atoms with E-state index in [0.29, 0.717) is 11.1 Å². The van der Waals surface area contributed by atoms with E-state index in [1.807, 2.05) is 60.7 Å². The number of nitrogens with one attached hydrogen (secondary N) is 1. The van der Waals surface area contributed by atoms with Crippen molar-refractivity contribution in [2.45, 2.75) is 81.2 Å². The van der Waals surface area contributed by atoms with Crippen molar-refractivity contribution in [3.8, 4) is 0 Å². The van der Waals surface area contributed by atoms with E-state index in [1.165, 1.54) is 29.0 Å². The summed E-state index contributed by atoms with van der Waals surface area (Å²) in [6, 6.07) is 16.1. The maximum absolute atomic E-state index is 14.7. The molecule has 0 saturated carbocycles. The van der Waals surface area contributed by atoms with Gasteiger partial charge >= 0.3 is 18.0 Å². The molecule has 16 nitrogen and oxygen atoms in total. The summed E-state index contributed by atoms with van der Waals surface area (Å²) in [5, 5.41) is 8.54. The number of thioether (sulfide) groups is 1. The maximum Gasteiger partial charge on any atom is 0.353 e. The van der Waals surface area contributed by atoms with Crippen LogP contribution >= 0.6 is 23.1 Å². The monoisotopic (exact) mass is 778 g/mol. The lowest BCUT2D eigenvalue weighted by molar-refractivity contribution is -0.179. The van der Waals surface area contributed by atoms with Crippen LogP contribution in [0.5, 0.6) is 0 Å². The second-order valence-corrected chi connectivity index (χ2v) is 16.9. The maximum atomic E-state index is 14.7. The molecule has 0 unspecified atom stereocenters. The van der Waals surface area contributed by atoms with E-state index >= 15 is 0 Å². The van der Waals surface area contributed by atoms with Gasteiger partial charge < -0.3 is 30.3 Å². The van der Waals surface area contributed by atoms with Crippen LogP contribution in [0.2, 0.25) is 0 Å². The molecule has 3 saturated heterocycles. The predicted molar refractivity (Wildman–Crippen MR) is 200 cm³/mol. The normalized spacial score (nSPS) is 22.9. The quantitative estimate of drug-likeness (QED) is 0.0641. The summed E-state index contributed by atoms with van der Waals surface area (Å²) in [5.74, 6) is 3.20. The summed E-state index contributed by atoms with van der Waals surface area (Å²) in [7, 11) is 0. The predicted octanol–water partition coefficient (Wildman–Crippen LogP) is 3.00. The number of ether oxygens (including phenoxy) is 2. The number of nitrogen functional groups attached to an aromatic ring is 1. The van der Waals surface area contributed by atoms with Crippen LogP contribution in [-0.2, 0) is 33.5 Å². The van der Waals surface area contributed by atoms with Gasteiger partial charge in [-0.15, -0.1) is 11.3 Å². The molecule has 18 heteroatoms. The summed E-state index contributed by atoms with van der Waals surface area (Å²) in [6.45, 7) is 9.63. The molecule has 0 radical (unpaired) electrons. The summed E-state index contributed by atoms with van der Waals surface area (Å²) >= 11 is 2.07. The number of thiazole rings is 1. The highest BCUT2D eigenvalue weighted by atomic mass is 32.2. The number of carbonyl (C=O) groups excluding carboxylic acids is 5. The molecule has 2 aromatic carbocycles. The van der Waals surface area contributed by atoms with Crippen LogP contribution in [0.1, 0.15) is 64.5 Å². The van der Waals surface area contributed by atoms with E-state index in [2.05, 4.69) is 15.5 Å². The van der Waals surface area contributed by atoms with Gasteiger partial charge in [-0.3, -0.25) is 19.5 Å². The largest absolute Gasteiger partial charge is 0.457 e. The number of amides is 4. The number of hydrazine groups is 1. The van der Waals surface area contributed by atoms with E-state index < -0.39 is 69.4 Å². The molecule has 3 fully saturated rings. The van der Waals surface area contributed by atoms with Gasteiger partial charge in [-0.1, -0.05) is 77.6 Å². The highest BCUT2D eigenvalue weighted by molar-refractivity contribution is 8.02. The molecule has 5 N–H and O–H groups in total. The number of urea groups is 1. The first-order valence-corrected chi connectivity index (χ1v) is 18.8. The third kappa shape index (κ3) is 7.45. The Bertz CT molecular complexity index is 1930. The first-order valence-electron chi connectivity index (χ1n) is 17.1. The average Bonchev–Trinajstić information content (AvgIpc) is 3.79. The molecule has 3 aromatic rings. The van der Waals surface area contributed by atoms with Crippen molar-refractivity contribution in [2.75, 3.05) is 18.8 Å². The number of fused-ring (bicyclic) bond motifs is 1. The van der Waals surface area contributed by atoms with Crippen LogP contribution in [0.4, 0.5) is 9.93 Å². The van der Waals surface area contributed by atoms with E-state index in [9.17, 15) is 24.0 Å². The van der Waals surface area contributed by atoms with Gasteiger partial charge in [0.2, 0.25) is 16.4 Å². The third-order valence-electron chi connectivity index (χ3n) is 8.85. The van der Waals surface area contributed by atoms with E-state index in [4.69, 9.17) is 25.9 Å². The number of rotatable bonds is 11. The molecule has 4 amide bonds. The lowest BCUT2D eigenvalue weighted by Crippen LogP contribution is -2.68. The Morgan fingerprint density at radius 2 is 1.63 bits per heavy atom. The SMILES string of the molecule is C[C@@H]1CN(N)C(=O)N1[C@]1(C(=O)OC(c2ccccc2)c2ccccc2)CN2C(=O)[C@@H](NC(=O)/C(=N\OC(C)(C)C(=O)OC(C)(C)C)c3csc(N)n3)[C@H]2S1. The summed E-state index contributed by atoms with van der Waals surface area (Å²) < 4.78 is 11.7. The number of benzene rings is 2. The molecule has 286 valence electrons. The number of oxime groups is 1. The van der Waals surface area contributed by atoms with Crippen LogP contribution in [0, 0.1) is 0 Å². The Morgan fingerprint density at radius 3 is 2.15 bits per heavy atom. The van der Waals surface area contributed by atoms with Crippen molar-refractivity contribution in [3.05, 3.63) is 82.9 Å². The Morgan fingerprint density at radius 1 is 1.02 bits per heavy atom. The van der Waals surface area contributed by atoms with Gasteiger partial charge in [0.1, 0.15) is 22.7 Å². The molecule has 3 aliphatic rings. The fourth-order valence-corrected chi connectivity index (χ4v) is 8.54. The molecular formula is C36H42N8O8S2. The first kappa shape index (κ1) is 38.5. The molecule has 3 aliphatic heterocycles. The van der Waals surface area contributed by atoms with Crippen molar-refractivity contribution in [1.29, 1.82) is 0 Å². The van der Waals surface area contributed by atoms with Gasteiger partial charge in [0.15, 0.2) is 16.9 Å². The smallest absolute Gasteiger partial charge is 0.353 e. The topological polar surface area (TPSA) is 212 Å². The Hall–Kier alpha value is -5.20. The number of esters is 2.